The summed E-state index contributed by atoms with van der Waals surface area (Å²) < 4.78 is 0. The van der Waals surface area contributed by atoms with E-state index in [0.29, 0.717) is 5.91 Å². The second-order valence-electron chi connectivity index (χ2n) is 5.54. The van der Waals surface area contributed by atoms with Crippen molar-refractivity contribution >= 4 is 5.91 Å². The van der Waals surface area contributed by atoms with Crippen molar-refractivity contribution in [1.29, 1.82) is 0 Å². The normalized spacial score (nSPS) is 30.9. The smallest absolute Gasteiger partial charge is 0.227 e. The summed E-state index contributed by atoms with van der Waals surface area (Å²) in [4.78, 5) is 16.2. The van der Waals surface area contributed by atoms with Gasteiger partial charge in [-0.2, -0.15) is 0 Å². The highest BCUT2D eigenvalue weighted by Gasteiger charge is 2.42. The van der Waals surface area contributed by atoms with Gasteiger partial charge < -0.3 is 15.5 Å². The first-order valence-electron chi connectivity index (χ1n) is 6.27. The SMILES string of the molecule is CN(C)CC1CCN(C(=O)C2CC2N)CC1. The molecule has 1 saturated heterocycles. The van der Waals surface area contributed by atoms with Crippen LogP contribution in [0.1, 0.15) is 19.3 Å². The molecule has 1 amide bonds. The molecule has 16 heavy (non-hydrogen) atoms. The number of likely N-dealkylation sites (tertiary alicyclic amines) is 1. The highest BCUT2D eigenvalue weighted by Crippen LogP contribution is 2.31. The van der Waals surface area contributed by atoms with E-state index in [4.69, 9.17) is 5.73 Å². The van der Waals surface area contributed by atoms with E-state index in [2.05, 4.69) is 19.0 Å². The van der Waals surface area contributed by atoms with Crippen LogP contribution in [-0.4, -0.2) is 55.5 Å². The Hall–Kier alpha value is -0.610. The van der Waals surface area contributed by atoms with E-state index < -0.39 is 0 Å². The first-order chi connectivity index (χ1) is 7.58. The van der Waals surface area contributed by atoms with Gasteiger partial charge in [0.2, 0.25) is 5.91 Å². The summed E-state index contributed by atoms with van der Waals surface area (Å²) >= 11 is 0. The van der Waals surface area contributed by atoms with E-state index in [1.165, 1.54) is 0 Å². The number of carbonyl (C=O) groups is 1. The molecule has 0 aromatic rings. The highest BCUT2D eigenvalue weighted by molar-refractivity contribution is 5.82. The van der Waals surface area contributed by atoms with Crippen LogP contribution in [0.4, 0.5) is 0 Å². The molecule has 1 aliphatic heterocycles. The van der Waals surface area contributed by atoms with Gasteiger partial charge in [0.15, 0.2) is 0 Å². The van der Waals surface area contributed by atoms with E-state index in [1.54, 1.807) is 0 Å². The number of carbonyl (C=O) groups excluding carboxylic acids is 1. The largest absolute Gasteiger partial charge is 0.342 e. The third kappa shape index (κ3) is 2.74. The van der Waals surface area contributed by atoms with Gasteiger partial charge in [-0.1, -0.05) is 0 Å². The molecule has 0 radical (unpaired) electrons. The molecule has 0 bridgehead atoms. The number of hydrogen-bond donors (Lipinski definition) is 1. The van der Waals surface area contributed by atoms with Crippen LogP contribution in [0.3, 0.4) is 0 Å². The van der Waals surface area contributed by atoms with Crippen molar-refractivity contribution in [1.82, 2.24) is 9.80 Å². The van der Waals surface area contributed by atoms with Crippen LogP contribution < -0.4 is 5.73 Å². The molecule has 4 nitrogen and oxygen atoms in total. The summed E-state index contributed by atoms with van der Waals surface area (Å²) in [6.45, 7) is 3.01. The summed E-state index contributed by atoms with van der Waals surface area (Å²) in [5.74, 6) is 1.20. The van der Waals surface area contributed by atoms with Crippen molar-refractivity contribution in [3.63, 3.8) is 0 Å². The van der Waals surface area contributed by atoms with Gasteiger partial charge in [0.1, 0.15) is 0 Å². The Morgan fingerprint density at radius 2 is 1.94 bits per heavy atom. The Labute approximate surface area is 97.8 Å². The second-order valence-corrected chi connectivity index (χ2v) is 5.54. The molecule has 2 unspecified atom stereocenters. The van der Waals surface area contributed by atoms with Gasteiger partial charge in [0.05, 0.1) is 5.92 Å². The number of nitrogens with zero attached hydrogens (tertiary/aromatic N) is 2. The van der Waals surface area contributed by atoms with Gasteiger partial charge in [0.25, 0.3) is 0 Å². The number of nitrogens with two attached hydrogens (primary N) is 1. The molecule has 0 spiro atoms. The van der Waals surface area contributed by atoms with Gasteiger partial charge >= 0.3 is 0 Å². The van der Waals surface area contributed by atoms with Gasteiger partial charge in [-0.25, -0.2) is 0 Å². The van der Waals surface area contributed by atoms with Crippen LogP contribution in [0, 0.1) is 11.8 Å². The standard InChI is InChI=1S/C12H23N3O/c1-14(2)8-9-3-5-15(6-4-9)12(16)10-7-11(10)13/h9-11H,3-8,13H2,1-2H3. The Morgan fingerprint density at radius 3 is 2.38 bits per heavy atom. The van der Waals surface area contributed by atoms with Gasteiger partial charge in [-0.15, -0.1) is 0 Å². The lowest BCUT2D eigenvalue weighted by Crippen LogP contribution is -2.42. The first-order valence-corrected chi connectivity index (χ1v) is 6.27. The minimum absolute atomic E-state index is 0.144. The fourth-order valence-electron chi connectivity index (χ4n) is 2.59. The first kappa shape index (κ1) is 11.9. The quantitative estimate of drug-likeness (QED) is 0.743. The molecule has 92 valence electrons. The van der Waals surface area contributed by atoms with Crippen LogP contribution in [-0.2, 0) is 4.79 Å². The molecule has 1 heterocycles. The maximum Gasteiger partial charge on any atom is 0.227 e. The molecule has 0 aromatic heterocycles. The zero-order chi connectivity index (χ0) is 11.7. The molecule has 1 aliphatic carbocycles. The van der Waals surface area contributed by atoms with Crippen molar-refractivity contribution in [3.8, 4) is 0 Å². The van der Waals surface area contributed by atoms with Crippen molar-refractivity contribution in [2.24, 2.45) is 17.6 Å². The monoisotopic (exact) mass is 225 g/mol. The minimum Gasteiger partial charge on any atom is -0.342 e. The fourth-order valence-corrected chi connectivity index (χ4v) is 2.59. The van der Waals surface area contributed by atoms with E-state index in [1.807, 2.05) is 4.90 Å². The van der Waals surface area contributed by atoms with Crippen LogP contribution >= 0.6 is 0 Å². The highest BCUT2D eigenvalue weighted by atomic mass is 16.2. The molecule has 2 atom stereocenters. The number of amides is 1. The van der Waals surface area contributed by atoms with Crippen LogP contribution in [0.5, 0.6) is 0 Å². The molecule has 1 saturated carbocycles. The molecular weight excluding hydrogens is 202 g/mol. The summed E-state index contributed by atoms with van der Waals surface area (Å²) in [6, 6.07) is 0.145. The van der Waals surface area contributed by atoms with Gasteiger partial charge in [-0.3, -0.25) is 4.79 Å². The molecule has 0 aromatic carbocycles. The zero-order valence-electron chi connectivity index (χ0n) is 10.4. The Bertz CT molecular complexity index is 259. The molecule has 2 N–H and O–H groups in total. The molecule has 2 rings (SSSR count). The summed E-state index contributed by atoms with van der Waals surface area (Å²) in [6.07, 6.45) is 3.19. The average Bonchev–Trinajstić information content (AvgIpc) is 2.95. The van der Waals surface area contributed by atoms with Crippen molar-refractivity contribution in [2.45, 2.75) is 25.3 Å². The van der Waals surface area contributed by atoms with Gasteiger partial charge in [0, 0.05) is 25.7 Å². The van der Waals surface area contributed by atoms with Crippen LogP contribution in [0.15, 0.2) is 0 Å². The van der Waals surface area contributed by atoms with E-state index >= 15 is 0 Å². The second kappa shape index (κ2) is 4.72. The lowest BCUT2D eigenvalue weighted by Gasteiger charge is -2.33. The average molecular weight is 225 g/mol. The number of rotatable bonds is 3. The topological polar surface area (TPSA) is 49.6 Å². The minimum atomic E-state index is 0.144. The van der Waals surface area contributed by atoms with E-state index in [0.717, 1.165) is 44.8 Å². The Morgan fingerprint density at radius 1 is 1.38 bits per heavy atom. The van der Waals surface area contributed by atoms with Crippen molar-refractivity contribution < 1.29 is 4.79 Å². The summed E-state index contributed by atoms with van der Waals surface area (Å²) in [5.41, 5.74) is 5.71. The summed E-state index contributed by atoms with van der Waals surface area (Å²) in [5, 5.41) is 0. The lowest BCUT2D eigenvalue weighted by atomic mass is 9.96. The molecule has 2 fully saturated rings. The van der Waals surface area contributed by atoms with Crippen molar-refractivity contribution in [2.75, 3.05) is 33.7 Å². The van der Waals surface area contributed by atoms with Crippen LogP contribution in [0.25, 0.3) is 0 Å². The van der Waals surface area contributed by atoms with E-state index in [-0.39, 0.29) is 12.0 Å². The van der Waals surface area contributed by atoms with Crippen molar-refractivity contribution in [3.05, 3.63) is 0 Å². The lowest BCUT2D eigenvalue weighted by molar-refractivity contribution is -0.134. The molecule has 2 aliphatic rings. The van der Waals surface area contributed by atoms with Crippen LogP contribution in [0.2, 0.25) is 0 Å². The zero-order valence-corrected chi connectivity index (χ0v) is 10.4. The molecule has 4 heteroatoms. The fraction of sp³-hybridized carbons (Fsp3) is 0.917. The third-order valence-corrected chi connectivity index (χ3v) is 3.71. The Balaban J connectivity index is 1.74. The van der Waals surface area contributed by atoms with Gasteiger partial charge in [-0.05, 0) is 39.3 Å². The van der Waals surface area contributed by atoms with E-state index in [9.17, 15) is 4.79 Å². The number of hydrogen-bond acceptors (Lipinski definition) is 3. The predicted molar refractivity (Wildman–Crippen MR) is 63.9 cm³/mol. The third-order valence-electron chi connectivity index (χ3n) is 3.71. The maximum absolute atomic E-state index is 11.9. The maximum atomic E-state index is 11.9. The molecular formula is C12H23N3O. The predicted octanol–water partition coefficient (Wildman–Crippen LogP) is 0.134. The number of piperidine rings is 1. The summed E-state index contributed by atoms with van der Waals surface area (Å²) in [7, 11) is 4.22. The Kier molecular flexibility index (Phi) is 3.50.